The van der Waals surface area contributed by atoms with Gasteiger partial charge in [-0.1, -0.05) is 36.4 Å². The predicted octanol–water partition coefficient (Wildman–Crippen LogP) is 4.71. The van der Waals surface area contributed by atoms with Gasteiger partial charge in [0, 0.05) is 10.6 Å². The van der Waals surface area contributed by atoms with Gasteiger partial charge in [-0.05, 0) is 34.0 Å². The third kappa shape index (κ3) is 1.61. The largest absolute Gasteiger partial charge is 0.152 e. The molecule has 0 amide bonds. The topological polar surface area (TPSA) is 0 Å². The van der Waals surface area contributed by atoms with E-state index in [0.29, 0.717) is 0 Å². The molecule has 0 N–H and O–H groups in total. The third-order valence-electron chi connectivity index (χ3n) is 2.09. The van der Waals surface area contributed by atoms with Crippen molar-refractivity contribution in [2.45, 2.75) is 0 Å². The minimum atomic E-state index is 0.753. The van der Waals surface area contributed by atoms with Crippen LogP contribution in [0.3, 0.4) is 0 Å². The minimum Gasteiger partial charge on any atom is -0.152 e. The average molecular weight is 221 g/mol. The summed E-state index contributed by atoms with van der Waals surface area (Å²) in [7, 11) is 0. The van der Waals surface area contributed by atoms with Crippen molar-refractivity contribution in [3.05, 3.63) is 52.2 Å². The van der Waals surface area contributed by atoms with Crippen LogP contribution in [0.25, 0.3) is 17.2 Å². The summed E-state index contributed by atoms with van der Waals surface area (Å²) < 4.78 is 0. The van der Waals surface area contributed by atoms with Crippen LogP contribution in [0.1, 0.15) is 5.56 Å². The van der Waals surface area contributed by atoms with Gasteiger partial charge in [0.1, 0.15) is 0 Å². The summed E-state index contributed by atoms with van der Waals surface area (Å²) in [6, 6.07) is 7.99. The number of rotatable bonds is 2. The Balaban J connectivity index is 2.64. The van der Waals surface area contributed by atoms with E-state index in [1.165, 1.54) is 5.56 Å². The van der Waals surface area contributed by atoms with Crippen LogP contribution in [-0.2, 0) is 0 Å². The van der Waals surface area contributed by atoms with Gasteiger partial charge < -0.3 is 0 Å². The minimum absolute atomic E-state index is 0.753. The molecule has 0 saturated carbocycles. The average Bonchev–Trinajstić information content (AvgIpc) is 2.70. The maximum atomic E-state index is 6.08. The molecule has 14 heavy (non-hydrogen) atoms. The molecule has 2 heteroatoms. The highest BCUT2D eigenvalue weighted by molar-refractivity contribution is 7.08. The highest BCUT2D eigenvalue weighted by Crippen LogP contribution is 2.31. The molecule has 0 unspecified atom stereocenters. The first-order valence-electron chi connectivity index (χ1n) is 4.26. The van der Waals surface area contributed by atoms with Gasteiger partial charge in [0.25, 0.3) is 0 Å². The van der Waals surface area contributed by atoms with Crippen molar-refractivity contribution in [2.24, 2.45) is 0 Å². The molecule has 1 heterocycles. The van der Waals surface area contributed by atoms with E-state index >= 15 is 0 Å². The van der Waals surface area contributed by atoms with E-state index in [1.54, 1.807) is 17.4 Å². The third-order valence-corrected chi connectivity index (χ3v) is 3.10. The summed E-state index contributed by atoms with van der Waals surface area (Å²) in [5.41, 5.74) is 3.36. The Labute approximate surface area is 92.5 Å². The Bertz CT molecular complexity index is 443. The zero-order valence-electron chi connectivity index (χ0n) is 7.53. The lowest BCUT2D eigenvalue weighted by Crippen LogP contribution is -1.81. The van der Waals surface area contributed by atoms with Gasteiger partial charge in [0.15, 0.2) is 0 Å². The summed E-state index contributed by atoms with van der Waals surface area (Å²) in [5, 5.41) is 4.92. The van der Waals surface area contributed by atoms with Crippen LogP contribution in [0.15, 0.2) is 41.6 Å². The zero-order valence-corrected chi connectivity index (χ0v) is 9.11. The summed E-state index contributed by atoms with van der Waals surface area (Å²) in [6.07, 6.45) is 1.80. The number of hydrogen-bond donors (Lipinski definition) is 0. The van der Waals surface area contributed by atoms with Crippen molar-refractivity contribution in [1.82, 2.24) is 0 Å². The maximum Gasteiger partial charge on any atom is 0.0484 e. The predicted molar refractivity (Wildman–Crippen MR) is 64.9 cm³/mol. The lowest BCUT2D eigenvalue weighted by molar-refractivity contribution is 1.63. The van der Waals surface area contributed by atoms with Crippen LogP contribution in [0.4, 0.5) is 0 Å². The molecule has 0 radical (unpaired) electrons. The fourth-order valence-electron chi connectivity index (χ4n) is 1.41. The molecular weight excluding hydrogens is 212 g/mol. The first kappa shape index (κ1) is 9.50. The van der Waals surface area contributed by atoms with Crippen molar-refractivity contribution in [1.29, 1.82) is 0 Å². The van der Waals surface area contributed by atoms with Gasteiger partial charge >= 0.3 is 0 Å². The van der Waals surface area contributed by atoms with Crippen LogP contribution in [0.5, 0.6) is 0 Å². The van der Waals surface area contributed by atoms with Crippen molar-refractivity contribution < 1.29 is 0 Å². The Morgan fingerprint density at radius 2 is 2.14 bits per heavy atom. The van der Waals surface area contributed by atoms with E-state index in [9.17, 15) is 0 Å². The van der Waals surface area contributed by atoms with Gasteiger partial charge in [-0.25, -0.2) is 0 Å². The highest BCUT2D eigenvalue weighted by atomic mass is 35.5. The molecule has 0 saturated heterocycles. The Morgan fingerprint density at radius 1 is 1.29 bits per heavy atom. The second-order valence-corrected chi connectivity index (χ2v) is 4.10. The van der Waals surface area contributed by atoms with Crippen LogP contribution in [-0.4, -0.2) is 0 Å². The van der Waals surface area contributed by atoms with Gasteiger partial charge in [-0.3, -0.25) is 0 Å². The normalized spacial score (nSPS) is 10.1. The summed E-state index contributed by atoms with van der Waals surface area (Å²) in [6.45, 7) is 3.78. The van der Waals surface area contributed by atoms with Crippen LogP contribution < -0.4 is 0 Å². The Kier molecular flexibility index (Phi) is 2.71. The first-order valence-corrected chi connectivity index (χ1v) is 5.58. The molecule has 0 aliphatic rings. The smallest absolute Gasteiger partial charge is 0.0484 e. The van der Waals surface area contributed by atoms with Gasteiger partial charge in [0.2, 0.25) is 0 Å². The second-order valence-electron chi connectivity index (χ2n) is 2.92. The highest BCUT2D eigenvalue weighted by Gasteiger charge is 2.05. The Hall–Kier alpha value is -1.05. The molecule has 1 aromatic heterocycles. The molecule has 70 valence electrons. The van der Waals surface area contributed by atoms with E-state index in [1.807, 2.05) is 12.1 Å². The summed E-state index contributed by atoms with van der Waals surface area (Å²) >= 11 is 7.76. The van der Waals surface area contributed by atoms with Crippen LogP contribution >= 0.6 is 22.9 Å². The van der Waals surface area contributed by atoms with E-state index in [-0.39, 0.29) is 0 Å². The zero-order chi connectivity index (χ0) is 9.97. The molecule has 0 spiro atoms. The molecule has 0 aliphatic heterocycles. The fraction of sp³-hybridized carbons (Fsp3) is 0. The molecule has 0 aliphatic carbocycles. The number of halogens is 1. The van der Waals surface area contributed by atoms with E-state index < -0.39 is 0 Å². The summed E-state index contributed by atoms with van der Waals surface area (Å²) in [5.74, 6) is 0. The SMILES string of the molecule is C=Cc1c(Cl)cccc1-c1ccsc1. The Morgan fingerprint density at radius 3 is 2.79 bits per heavy atom. The second kappa shape index (κ2) is 3.99. The molecule has 2 aromatic rings. The summed E-state index contributed by atoms with van der Waals surface area (Å²) in [4.78, 5) is 0. The molecule has 0 bridgehead atoms. The number of hydrogen-bond acceptors (Lipinski definition) is 1. The van der Waals surface area contributed by atoms with Gasteiger partial charge in [-0.15, -0.1) is 0 Å². The quantitative estimate of drug-likeness (QED) is 0.688. The van der Waals surface area contributed by atoms with Crippen molar-refractivity contribution in [2.75, 3.05) is 0 Å². The van der Waals surface area contributed by atoms with Crippen molar-refractivity contribution in [3.63, 3.8) is 0 Å². The molecular formula is C12H9ClS. The number of thiophene rings is 1. The van der Waals surface area contributed by atoms with Gasteiger partial charge in [-0.2, -0.15) is 11.3 Å². The van der Waals surface area contributed by atoms with Crippen molar-refractivity contribution in [3.8, 4) is 11.1 Å². The monoisotopic (exact) mass is 220 g/mol. The molecule has 1 aromatic carbocycles. The maximum absolute atomic E-state index is 6.08. The molecule has 2 rings (SSSR count). The first-order chi connectivity index (χ1) is 6.83. The van der Waals surface area contributed by atoms with E-state index in [2.05, 4.69) is 29.5 Å². The molecule has 0 atom stereocenters. The lowest BCUT2D eigenvalue weighted by Gasteiger charge is -2.05. The van der Waals surface area contributed by atoms with Gasteiger partial charge in [0.05, 0.1) is 0 Å². The standard InChI is InChI=1S/C12H9ClS/c1-2-10-11(4-3-5-12(10)13)9-6-7-14-8-9/h2-8H,1H2. The van der Waals surface area contributed by atoms with E-state index in [4.69, 9.17) is 11.6 Å². The number of benzene rings is 1. The van der Waals surface area contributed by atoms with E-state index in [0.717, 1.165) is 16.1 Å². The van der Waals surface area contributed by atoms with Crippen LogP contribution in [0.2, 0.25) is 5.02 Å². The lowest BCUT2D eigenvalue weighted by atomic mass is 10.0. The fourth-order valence-corrected chi connectivity index (χ4v) is 2.32. The van der Waals surface area contributed by atoms with Crippen LogP contribution in [0, 0.1) is 0 Å². The van der Waals surface area contributed by atoms with Crippen molar-refractivity contribution >= 4 is 29.0 Å². The molecule has 0 fully saturated rings. The molecule has 0 nitrogen and oxygen atoms in total.